The topological polar surface area (TPSA) is 116 Å². The van der Waals surface area contributed by atoms with Gasteiger partial charge >= 0.3 is 11.9 Å². The van der Waals surface area contributed by atoms with E-state index in [0.29, 0.717) is 38.2 Å². The fraction of sp³-hybridized carbons (Fsp3) is 0.0588. The van der Waals surface area contributed by atoms with Crippen molar-refractivity contribution < 1.29 is 19.1 Å². The fourth-order valence-corrected chi connectivity index (χ4v) is 5.48. The number of hydrogen-bond donors (Lipinski definition) is 1. The monoisotopic (exact) mass is 635 g/mol. The molecular formula is C34H23Cl2N5O4. The number of nitrogens with zero attached hydrogens (tertiary/aromatic N) is 4. The number of fused-ring (bicyclic) bond motifs is 6. The molecule has 7 aromatic rings. The third kappa shape index (κ3) is 5.78. The van der Waals surface area contributed by atoms with Gasteiger partial charge in [0.15, 0.2) is 0 Å². The lowest BCUT2D eigenvalue weighted by atomic mass is 10.0. The Hall–Kier alpha value is -5.38. The molecule has 0 amide bonds. The first-order valence-corrected chi connectivity index (χ1v) is 14.3. The van der Waals surface area contributed by atoms with E-state index in [-0.39, 0.29) is 0 Å². The van der Waals surface area contributed by atoms with Gasteiger partial charge in [-0.25, -0.2) is 19.6 Å². The van der Waals surface area contributed by atoms with Crippen molar-refractivity contribution in [1.29, 1.82) is 0 Å². The van der Waals surface area contributed by atoms with Crippen molar-refractivity contribution in [2.45, 2.75) is 0 Å². The van der Waals surface area contributed by atoms with Crippen LogP contribution in [0.1, 0.15) is 20.7 Å². The third-order valence-corrected chi connectivity index (χ3v) is 7.63. The van der Waals surface area contributed by atoms with Gasteiger partial charge in [-0.3, -0.25) is 9.97 Å². The molecule has 0 fully saturated rings. The highest BCUT2D eigenvalue weighted by Crippen LogP contribution is 2.33. The van der Waals surface area contributed by atoms with Gasteiger partial charge in [0.1, 0.15) is 11.0 Å². The van der Waals surface area contributed by atoms with Crippen LogP contribution in [0.25, 0.3) is 43.4 Å². The number of rotatable bonds is 4. The summed E-state index contributed by atoms with van der Waals surface area (Å²) in [5.74, 6) is -0.244. The zero-order valence-electron chi connectivity index (χ0n) is 23.9. The van der Waals surface area contributed by atoms with Crippen molar-refractivity contribution in [3.63, 3.8) is 0 Å². The molecule has 11 heteroatoms. The smallest absolute Gasteiger partial charge is 0.340 e. The summed E-state index contributed by atoms with van der Waals surface area (Å²) in [5.41, 5.74) is 2.69. The Labute approximate surface area is 266 Å². The standard InChI is InChI=1S/C20H14ClN3O2.C14H9ClN2O2/c1-26-20(25)16-7-3-6-14-17-11-22-9-8-15(17)19(24-18(14)16)23-13-5-2-4-12(21)10-13;1-19-14(18)10-4-2-3-8-11-7-16-6-5-9(11)13(15)17-12(8)10/h2-11H,1H3,(H,23,24);2-7H,1H3. The SMILES string of the molecule is COC(=O)c1cccc2c1nc(Cl)c1ccncc12.COC(=O)c1cccc2c1nc(Nc1cccc(Cl)c1)c1ccncc12. The van der Waals surface area contributed by atoms with Gasteiger partial charge in [0.05, 0.1) is 36.4 Å². The maximum Gasteiger partial charge on any atom is 0.340 e. The first-order valence-electron chi connectivity index (χ1n) is 13.6. The largest absolute Gasteiger partial charge is 0.465 e. The highest BCUT2D eigenvalue weighted by Gasteiger charge is 2.17. The lowest BCUT2D eigenvalue weighted by Gasteiger charge is -2.13. The average molecular weight is 636 g/mol. The molecule has 9 nitrogen and oxygen atoms in total. The van der Waals surface area contributed by atoms with Crippen LogP contribution in [0.5, 0.6) is 0 Å². The first-order chi connectivity index (χ1) is 21.9. The number of aromatic nitrogens is 4. The quantitative estimate of drug-likeness (QED) is 0.116. The number of benzene rings is 3. The minimum absolute atomic E-state index is 0.348. The Kier molecular flexibility index (Phi) is 8.37. The Balaban J connectivity index is 0.000000167. The van der Waals surface area contributed by atoms with E-state index in [1.54, 1.807) is 55.1 Å². The second kappa shape index (κ2) is 12.7. The van der Waals surface area contributed by atoms with Crippen LogP contribution in [0.15, 0.2) is 97.6 Å². The van der Waals surface area contributed by atoms with Gasteiger partial charge in [0, 0.05) is 67.8 Å². The highest BCUT2D eigenvalue weighted by molar-refractivity contribution is 6.36. The summed E-state index contributed by atoms with van der Waals surface area (Å²) in [4.78, 5) is 41.3. The zero-order chi connectivity index (χ0) is 31.5. The predicted molar refractivity (Wildman–Crippen MR) is 177 cm³/mol. The molecule has 3 aromatic carbocycles. The summed E-state index contributed by atoms with van der Waals surface area (Å²) in [5, 5.41) is 9.40. The van der Waals surface area contributed by atoms with E-state index in [0.717, 1.165) is 38.0 Å². The van der Waals surface area contributed by atoms with E-state index in [1.165, 1.54) is 14.2 Å². The number of pyridine rings is 4. The molecule has 0 atom stereocenters. The summed E-state index contributed by atoms with van der Waals surface area (Å²) < 4.78 is 9.66. The van der Waals surface area contributed by atoms with E-state index < -0.39 is 11.9 Å². The number of ether oxygens (including phenoxy) is 2. The number of carbonyl (C=O) groups is 2. The number of methoxy groups -OCH3 is 2. The maximum absolute atomic E-state index is 12.2. The lowest BCUT2D eigenvalue weighted by molar-refractivity contribution is 0.0594. The number of esters is 2. The van der Waals surface area contributed by atoms with E-state index in [4.69, 9.17) is 37.7 Å². The second-order valence-corrected chi connectivity index (χ2v) is 10.5. The van der Waals surface area contributed by atoms with Crippen molar-refractivity contribution in [2.75, 3.05) is 19.5 Å². The molecule has 0 saturated heterocycles. The molecule has 0 aliphatic carbocycles. The second-order valence-electron chi connectivity index (χ2n) is 9.73. The normalized spacial score (nSPS) is 10.8. The van der Waals surface area contributed by atoms with Gasteiger partial charge in [0.25, 0.3) is 0 Å². The van der Waals surface area contributed by atoms with Crippen LogP contribution < -0.4 is 5.32 Å². The summed E-state index contributed by atoms with van der Waals surface area (Å²) in [6.07, 6.45) is 6.85. The fourth-order valence-electron chi connectivity index (χ4n) is 5.05. The van der Waals surface area contributed by atoms with Gasteiger partial charge in [0.2, 0.25) is 0 Å². The van der Waals surface area contributed by atoms with Gasteiger partial charge in [-0.1, -0.05) is 53.5 Å². The molecule has 0 aliphatic heterocycles. The van der Waals surface area contributed by atoms with Crippen molar-refractivity contribution in [3.8, 4) is 0 Å². The summed E-state index contributed by atoms with van der Waals surface area (Å²) in [6, 6.07) is 21.8. The van der Waals surface area contributed by atoms with Crippen LogP contribution in [0, 0.1) is 0 Å². The molecule has 0 bridgehead atoms. The van der Waals surface area contributed by atoms with Crippen LogP contribution in [0.2, 0.25) is 10.2 Å². The van der Waals surface area contributed by atoms with Crippen LogP contribution in [0.4, 0.5) is 11.5 Å². The van der Waals surface area contributed by atoms with E-state index in [2.05, 4.69) is 20.3 Å². The minimum atomic E-state index is -0.433. The molecule has 222 valence electrons. The average Bonchev–Trinajstić information content (AvgIpc) is 3.08. The molecule has 4 aromatic heterocycles. The number of hydrogen-bond acceptors (Lipinski definition) is 9. The first kappa shape index (κ1) is 29.7. The molecule has 45 heavy (non-hydrogen) atoms. The number of para-hydroxylation sites is 2. The molecular weight excluding hydrogens is 613 g/mol. The van der Waals surface area contributed by atoms with E-state index >= 15 is 0 Å². The zero-order valence-corrected chi connectivity index (χ0v) is 25.4. The molecule has 1 N–H and O–H groups in total. The molecule has 0 unspecified atom stereocenters. The Morgan fingerprint density at radius 2 is 1.20 bits per heavy atom. The minimum Gasteiger partial charge on any atom is -0.465 e. The van der Waals surface area contributed by atoms with Gasteiger partial charge in [-0.05, 0) is 42.5 Å². The van der Waals surface area contributed by atoms with Gasteiger partial charge in [-0.2, -0.15) is 0 Å². The number of carbonyl (C=O) groups excluding carboxylic acids is 2. The van der Waals surface area contributed by atoms with Crippen molar-refractivity contribution in [3.05, 3.63) is 119 Å². The van der Waals surface area contributed by atoms with Crippen molar-refractivity contribution >= 4 is 90.0 Å². The third-order valence-electron chi connectivity index (χ3n) is 7.10. The lowest BCUT2D eigenvalue weighted by Crippen LogP contribution is -2.04. The molecule has 0 radical (unpaired) electrons. The number of anilines is 2. The predicted octanol–water partition coefficient (Wildman–Crippen LogP) is 8.19. The van der Waals surface area contributed by atoms with Crippen molar-refractivity contribution in [2.24, 2.45) is 0 Å². The Bertz CT molecular complexity index is 2260. The molecule has 4 heterocycles. The number of nitrogens with one attached hydrogen (secondary N) is 1. The van der Waals surface area contributed by atoms with Gasteiger partial charge < -0.3 is 14.8 Å². The summed E-state index contributed by atoms with van der Waals surface area (Å²) in [7, 11) is 2.69. The summed E-state index contributed by atoms with van der Waals surface area (Å²) >= 11 is 12.2. The van der Waals surface area contributed by atoms with Crippen LogP contribution >= 0.6 is 23.2 Å². The highest BCUT2D eigenvalue weighted by atomic mass is 35.5. The van der Waals surface area contributed by atoms with E-state index in [9.17, 15) is 9.59 Å². The molecule has 0 spiro atoms. The van der Waals surface area contributed by atoms with Crippen molar-refractivity contribution in [1.82, 2.24) is 19.9 Å². The Morgan fingerprint density at radius 3 is 1.80 bits per heavy atom. The molecule has 0 saturated carbocycles. The maximum atomic E-state index is 12.2. The van der Waals surface area contributed by atoms with Crippen LogP contribution in [0.3, 0.4) is 0 Å². The van der Waals surface area contributed by atoms with Crippen LogP contribution in [-0.4, -0.2) is 46.1 Å². The number of halogens is 2. The molecule has 0 aliphatic rings. The van der Waals surface area contributed by atoms with E-state index in [1.807, 2.05) is 42.5 Å². The Morgan fingerprint density at radius 1 is 0.644 bits per heavy atom. The van der Waals surface area contributed by atoms with Gasteiger partial charge in [-0.15, -0.1) is 0 Å². The summed E-state index contributed by atoms with van der Waals surface area (Å²) in [6.45, 7) is 0. The molecule has 7 rings (SSSR count). The van der Waals surface area contributed by atoms with Crippen LogP contribution in [-0.2, 0) is 9.47 Å².